The predicted molar refractivity (Wildman–Crippen MR) is 67.8 cm³/mol. The van der Waals surface area contributed by atoms with Gasteiger partial charge in [0.1, 0.15) is 12.0 Å². The molecule has 0 aromatic carbocycles. The average Bonchev–Trinajstić information content (AvgIpc) is 2.31. The summed E-state index contributed by atoms with van der Waals surface area (Å²) >= 11 is 5.79. The largest absolute Gasteiger partial charge is 0.393 e. The van der Waals surface area contributed by atoms with E-state index >= 15 is 0 Å². The second kappa shape index (κ2) is 4.97. The van der Waals surface area contributed by atoms with Gasteiger partial charge in [0, 0.05) is 5.69 Å². The number of pyridine rings is 1. The third kappa shape index (κ3) is 2.82. The van der Waals surface area contributed by atoms with Crippen LogP contribution in [0.5, 0.6) is 0 Å². The Balaban J connectivity index is 2.10. The Kier molecular flexibility index (Phi) is 3.39. The Morgan fingerprint density at radius 1 is 1.35 bits per heavy atom. The smallest absolute Gasteiger partial charge is 0.157 e. The molecule has 0 fully saturated rings. The summed E-state index contributed by atoms with van der Waals surface area (Å²) in [7, 11) is 0. The first-order valence-corrected chi connectivity index (χ1v) is 5.47. The van der Waals surface area contributed by atoms with E-state index in [0.717, 1.165) is 11.4 Å². The van der Waals surface area contributed by atoms with Gasteiger partial charge in [-0.1, -0.05) is 17.7 Å². The van der Waals surface area contributed by atoms with Gasteiger partial charge >= 0.3 is 0 Å². The summed E-state index contributed by atoms with van der Waals surface area (Å²) in [5, 5.41) is 3.32. The second-order valence-corrected chi connectivity index (χ2v) is 3.91. The minimum atomic E-state index is 0.250. The van der Waals surface area contributed by atoms with Crippen LogP contribution in [0.1, 0.15) is 11.4 Å². The summed E-state index contributed by atoms with van der Waals surface area (Å²) in [6.07, 6.45) is 1.37. The van der Waals surface area contributed by atoms with Gasteiger partial charge in [-0.2, -0.15) is 0 Å². The third-order valence-corrected chi connectivity index (χ3v) is 2.52. The number of nitrogens with zero attached hydrogens (tertiary/aromatic N) is 3. The second-order valence-electron chi connectivity index (χ2n) is 3.55. The lowest BCUT2D eigenvalue weighted by atomic mass is 10.3. The predicted octanol–water partition coefficient (Wildman–Crippen LogP) is 2.03. The zero-order chi connectivity index (χ0) is 12.3. The molecule has 0 atom stereocenters. The summed E-state index contributed by atoms with van der Waals surface area (Å²) in [4.78, 5) is 12.2. The van der Waals surface area contributed by atoms with Gasteiger partial charge < -0.3 is 11.1 Å². The molecule has 0 radical (unpaired) electrons. The van der Waals surface area contributed by atoms with Crippen LogP contribution in [0.4, 0.5) is 11.5 Å². The van der Waals surface area contributed by atoms with Crippen molar-refractivity contribution in [2.45, 2.75) is 13.5 Å². The maximum absolute atomic E-state index is 5.79. The number of nitrogen functional groups attached to an aromatic ring is 1. The molecule has 88 valence electrons. The molecular formula is C11H12ClN5. The van der Waals surface area contributed by atoms with E-state index in [0.29, 0.717) is 18.1 Å². The summed E-state index contributed by atoms with van der Waals surface area (Å²) < 4.78 is 0. The molecule has 0 amide bonds. The van der Waals surface area contributed by atoms with E-state index in [4.69, 9.17) is 17.3 Å². The highest BCUT2D eigenvalue weighted by Crippen LogP contribution is 2.22. The van der Waals surface area contributed by atoms with Gasteiger partial charge in [-0.25, -0.2) is 9.97 Å². The molecule has 2 aromatic rings. The number of anilines is 2. The molecule has 6 heteroatoms. The van der Waals surface area contributed by atoms with Crippen molar-refractivity contribution in [2.75, 3.05) is 11.1 Å². The monoisotopic (exact) mass is 249 g/mol. The van der Waals surface area contributed by atoms with E-state index in [1.165, 1.54) is 6.33 Å². The van der Waals surface area contributed by atoms with Crippen LogP contribution in [0.3, 0.4) is 0 Å². The molecule has 2 aromatic heterocycles. The molecule has 0 saturated carbocycles. The van der Waals surface area contributed by atoms with Crippen LogP contribution < -0.4 is 11.1 Å². The van der Waals surface area contributed by atoms with E-state index in [-0.39, 0.29) is 5.15 Å². The summed E-state index contributed by atoms with van der Waals surface area (Å²) in [5.74, 6) is 0.522. The Morgan fingerprint density at radius 2 is 2.18 bits per heavy atom. The Morgan fingerprint density at radius 3 is 2.94 bits per heavy atom. The van der Waals surface area contributed by atoms with Crippen LogP contribution in [0.25, 0.3) is 0 Å². The Labute approximate surface area is 104 Å². The van der Waals surface area contributed by atoms with Gasteiger partial charge in [-0.3, -0.25) is 4.98 Å². The topological polar surface area (TPSA) is 76.7 Å². The molecule has 0 aliphatic carbocycles. The fourth-order valence-electron chi connectivity index (χ4n) is 1.39. The molecular weight excluding hydrogens is 238 g/mol. The lowest BCUT2D eigenvalue weighted by molar-refractivity contribution is 0.999. The zero-order valence-electron chi connectivity index (χ0n) is 9.31. The van der Waals surface area contributed by atoms with Crippen LogP contribution >= 0.6 is 11.6 Å². The molecule has 5 nitrogen and oxygen atoms in total. The highest BCUT2D eigenvalue weighted by Gasteiger charge is 2.05. The number of aryl methyl sites for hydroxylation is 1. The van der Waals surface area contributed by atoms with Crippen LogP contribution in [0.15, 0.2) is 24.5 Å². The van der Waals surface area contributed by atoms with Crippen LogP contribution in [0.2, 0.25) is 5.15 Å². The van der Waals surface area contributed by atoms with E-state index in [1.807, 2.05) is 25.1 Å². The average molecular weight is 250 g/mol. The number of halogens is 1. The van der Waals surface area contributed by atoms with Crippen LogP contribution in [-0.4, -0.2) is 15.0 Å². The zero-order valence-corrected chi connectivity index (χ0v) is 10.1. The van der Waals surface area contributed by atoms with E-state index in [9.17, 15) is 0 Å². The molecule has 3 N–H and O–H groups in total. The maximum Gasteiger partial charge on any atom is 0.157 e. The van der Waals surface area contributed by atoms with E-state index in [2.05, 4.69) is 20.3 Å². The highest BCUT2D eigenvalue weighted by atomic mass is 35.5. The van der Waals surface area contributed by atoms with Crippen molar-refractivity contribution < 1.29 is 0 Å². The quantitative estimate of drug-likeness (QED) is 0.814. The van der Waals surface area contributed by atoms with Gasteiger partial charge in [0.15, 0.2) is 11.0 Å². The first-order valence-electron chi connectivity index (χ1n) is 5.09. The van der Waals surface area contributed by atoms with Crippen molar-refractivity contribution in [3.8, 4) is 0 Å². The van der Waals surface area contributed by atoms with Crippen LogP contribution in [-0.2, 0) is 6.54 Å². The maximum atomic E-state index is 5.79. The molecule has 0 bridgehead atoms. The van der Waals surface area contributed by atoms with Crippen molar-refractivity contribution in [1.29, 1.82) is 0 Å². The van der Waals surface area contributed by atoms with Gasteiger partial charge in [0.25, 0.3) is 0 Å². The van der Waals surface area contributed by atoms with Crippen molar-refractivity contribution in [1.82, 2.24) is 15.0 Å². The third-order valence-electron chi connectivity index (χ3n) is 2.22. The van der Waals surface area contributed by atoms with Crippen molar-refractivity contribution in [2.24, 2.45) is 0 Å². The summed E-state index contributed by atoms with van der Waals surface area (Å²) in [5.41, 5.74) is 7.97. The number of aromatic nitrogens is 3. The standard InChI is InChI=1S/C11H12ClN5/c1-7-3-2-4-8(17-7)5-14-11-9(13)10(12)15-6-16-11/h2-4,6H,5,13H2,1H3,(H,14,15,16). The Bertz CT molecular complexity index is 529. The molecule has 2 rings (SSSR count). The number of rotatable bonds is 3. The molecule has 2 heterocycles. The number of nitrogens with two attached hydrogens (primary N) is 1. The molecule has 0 aliphatic rings. The van der Waals surface area contributed by atoms with E-state index < -0.39 is 0 Å². The van der Waals surface area contributed by atoms with Crippen molar-refractivity contribution >= 4 is 23.1 Å². The van der Waals surface area contributed by atoms with Crippen LogP contribution in [0, 0.1) is 6.92 Å². The summed E-state index contributed by atoms with van der Waals surface area (Å²) in [6.45, 7) is 2.48. The SMILES string of the molecule is Cc1cccc(CNc2ncnc(Cl)c2N)n1. The summed E-state index contributed by atoms with van der Waals surface area (Å²) in [6, 6.07) is 5.83. The fourth-order valence-corrected chi connectivity index (χ4v) is 1.52. The first-order chi connectivity index (χ1) is 8.16. The lowest BCUT2D eigenvalue weighted by Crippen LogP contribution is -2.07. The van der Waals surface area contributed by atoms with Gasteiger partial charge in [0.2, 0.25) is 0 Å². The van der Waals surface area contributed by atoms with Crippen molar-refractivity contribution in [3.63, 3.8) is 0 Å². The van der Waals surface area contributed by atoms with Gasteiger partial charge in [0.05, 0.1) is 12.2 Å². The lowest BCUT2D eigenvalue weighted by Gasteiger charge is -2.08. The fraction of sp³-hybridized carbons (Fsp3) is 0.182. The number of nitrogens with one attached hydrogen (secondary N) is 1. The molecule has 17 heavy (non-hydrogen) atoms. The number of hydrogen-bond donors (Lipinski definition) is 2. The Hall–Kier alpha value is -1.88. The minimum Gasteiger partial charge on any atom is -0.393 e. The van der Waals surface area contributed by atoms with E-state index in [1.54, 1.807) is 0 Å². The molecule has 0 unspecified atom stereocenters. The minimum absolute atomic E-state index is 0.250. The highest BCUT2D eigenvalue weighted by molar-refractivity contribution is 6.32. The molecule has 0 spiro atoms. The first kappa shape index (κ1) is 11.6. The van der Waals surface area contributed by atoms with Crippen molar-refractivity contribution in [3.05, 3.63) is 41.1 Å². The number of hydrogen-bond acceptors (Lipinski definition) is 5. The van der Waals surface area contributed by atoms with Gasteiger partial charge in [-0.15, -0.1) is 0 Å². The molecule has 0 aliphatic heterocycles. The molecule has 0 saturated heterocycles. The normalized spacial score (nSPS) is 10.2. The van der Waals surface area contributed by atoms with Gasteiger partial charge in [-0.05, 0) is 19.1 Å².